The maximum Gasteiger partial charge on any atom is 0.513 e. The third-order valence-electron chi connectivity index (χ3n) is 27.2. The summed E-state index contributed by atoms with van der Waals surface area (Å²) < 4.78 is 41.3. The van der Waals surface area contributed by atoms with Gasteiger partial charge in [0.1, 0.15) is 84.7 Å². The van der Waals surface area contributed by atoms with E-state index in [0.29, 0.717) is 127 Å². The number of phenolic OH excluding ortho intramolecular Hbond substituents is 3. The molecule has 12 rings (SSSR count). The first-order valence-corrected chi connectivity index (χ1v) is 55.2. The minimum absolute atomic E-state index is 0.0138. The standard InChI is InChI=1S/C40H53ClN2O7.C40H53ClN2O6.C40H52ClNO7/c1-3-4-5-6-7-8-9-10-11-12-13-14-15-16-17-20-25-48-42-40(47)50-36-27-33(45)38-32(44)26-35(29-21-18-19-22-31(29)41)49-39(38)37(36)30-23-24-43(2)28-34(30)46;1-3-4-5-6-7-8-9-10-11-12-13-14-15-16-17-20-24-42-40(47)49-36-27-33(45)38-32(44)26-35(29-21-18-19-22-31(29)41)48-39(38)37(36)30-23-25-43(2)28-34(30)46;1-3-4-5-6-7-8-9-10-11-12-13-14-15-16-17-20-25-47-40(46)49-36-27-33(44)38-32(43)26-35(29-21-18-19-22-31(29)41)48-39(38)37(36)30-23-24-42(2)28-34(30)45/h7-8,10-11,18-19,21-22,26-27,30,34,45-46H,3-6,9,12-17,20,23-25,28H2,1-2H3,(H,42,47);7-8,10-11,18-19,21-22,26-27,30,34,45-46H,3-6,9,12-17,20,23-25,28H2,1-2H3,(H,42,47);7-8,10-11,18-19,21-22,26-27,30,34,44-45H,3-6,9,12-17,20,23-25,28H2,1-2H3/b3*8-7-,11-10-/t3*30?,34-/m000/s1. The first kappa shape index (κ1) is 119. The molecule has 0 spiro atoms. The highest BCUT2D eigenvalue weighted by Crippen LogP contribution is 2.49. The van der Waals surface area contributed by atoms with Gasteiger partial charge in [0.25, 0.3) is 0 Å². The van der Waals surface area contributed by atoms with Gasteiger partial charge < -0.3 is 82.9 Å². The van der Waals surface area contributed by atoms with E-state index in [0.717, 1.165) is 109 Å². The molecule has 6 aromatic carbocycles. The fourth-order valence-electron chi connectivity index (χ4n) is 19.1. The molecule has 804 valence electrons. The summed E-state index contributed by atoms with van der Waals surface area (Å²) in [6, 6.07) is 28.4. The number of benzene rings is 6. The topological polar surface area (TPSA) is 343 Å². The predicted molar refractivity (Wildman–Crippen MR) is 596 cm³/mol. The number of halogens is 3. The Morgan fingerprint density at radius 1 is 0.372 bits per heavy atom. The maximum atomic E-state index is 13.3. The van der Waals surface area contributed by atoms with Crippen molar-refractivity contribution in [3.05, 3.63) is 245 Å². The number of hydroxylamine groups is 1. The van der Waals surface area contributed by atoms with E-state index in [2.05, 4.69) is 104 Å². The average molecular weight is 2100 g/mol. The van der Waals surface area contributed by atoms with Crippen molar-refractivity contribution in [2.24, 2.45) is 0 Å². The van der Waals surface area contributed by atoms with E-state index < -0.39 is 82.2 Å². The molecular formula is C120H158Cl3N5O20. The molecule has 3 aliphatic rings. The summed E-state index contributed by atoms with van der Waals surface area (Å²) in [7, 11) is 5.73. The second-order valence-electron chi connectivity index (χ2n) is 39.2. The molecule has 3 unspecified atom stereocenters. The number of phenols is 3. The number of allylic oxidation sites excluding steroid dienone is 12. The lowest BCUT2D eigenvalue weighted by molar-refractivity contribution is 0.0419. The molecule has 0 radical (unpaired) electrons. The summed E-state index contributed by atoms with van der Waals surface area (Å²) in [5.74, 6) is -2.13. The van der Waals surface area contributed by atoms with Crippen LogP contribution in [-0.4, -0.2) is 162 Å². The molecule has 2 amide bonds. The number of ether oxygens (including phenoxy) is 4. The van der Waals surface area contributed by atoms with E-state index in [9.17, 15) is 59.4 Å². The predicted octanol–water partition coefficient (Wildman–Crippen LogP) is 28.9. The monoisotopic (exact) mass is 2090 g/mol. The van der Waals surface area contributed by atoms with Crippen LogP contribution in [0.2, 0.25) is 15.1 Å². The van der Waals surface area contributed by atoms with Gasteiger partial charge in [0, 0.05) is 114 Å². The Balaban J connectivity index is 0.000000227. The Hall–Kier alpha value is -10.8. The van der Waals surface area contributed by atoms with Crippen molar-refractivity contribution in [1.82, 2.24) is 25.5 Å². The minimum Gasteiger partial charge on any atom is -0.507 e. The average Bonchev–Trinajstić information content (AvgIpc) is 0.753. The van der Waals surface area contributed by atoms with Gasteiger partial charge >= 0.3 is 18.3 Å². The molecule has 148 heavy (non-hydrogen) atoms. The number of likely N-dealkylation sites (N-methyl/N-ethyl adjacent to an activating group) is 3. The zero-order valence-corrected chi connectivity index (χ0v) is 89.9. The summed E-state index contributed by atoms with van der Waals surface area (Å²) in [5.41, 5.74) is 3.57. The van der Waals surface area contributed by atoms with Crippen LogP contribution in [0.3, 0.4) is 0 Å². The SMILES string of the molecule is CCCCC/C=C\C/C=C\CCCCCCCCNC(=O)Oc1cc(O)c2c(=O)cc(-c3ccccc3Cl)oc2c1C1CCN(C)C[C@@H]1O.CCCCC/C=C\C/C=C\CCCCCCCCOC(=O)Oc1cc(O)c2c(=O)cc(-c3ccccc3Cl)oc2c1C1CCN(C)C[C@@H]1O.CCCCC/C=C\C/C=C\CCCCCCCCONC(=O)Oc1cc(O)c2c(=O)cc(-c3ccccc3Cl)oc2c1C1CCN(C)C[C@@H]1O. The number of aromatic hydroxyl groups is 3. The van der Waals surface area contributed by atoms with Crippen LogP contribution in [0.5, 0.6) is 34.5 Å². The van der Waals surface area contributed by atoms with Crippen molar-refractivity contribution in [3.63, 3.8) is 0 Å². The maximum absolute atomic E-state index is 13.3. The molecule has 3 saturated heterocycles. The van der Waals surface area contributed by atoms with Crippen molar-refractivity contribution < 1.29 is 82.1 Å². The number of piperidine rings is 3. The van der Waals surface area contributed by atoms with Crippen LogP contribution in [0.25, 0.3) is 66.9 Å². The smallest absolute Gasteiger partial charge is 0.507 e. The fraction of sp³-hybridized carbons (Fsp3) is 0.500. The summed E-state index contributed by atoms with van der Waals surface area (Å²) in [5, 5.41) is 70.0. The Morgan fingerprint density at radius 2 is 0.662 bits per heavy atom. The number of amides is 2. The zero-order chi connectivity index (χ0) is 106. The number of hydrogen-bond donors (Lipinski definition) is 8. The number of nitrogens with one attached hydrogen (secondary N) is 2. The second kappa shape index (κ2) is 66.0. The van der Waals surface area contributed by atoms with Gasteiger partial charge in [-0.3, -0.25) is 19.2 Å². The minimum atomic E-state index is -0.922. The summed E-state index contributed by atoms with van der Waals surface area (Å²) in [6.07, 6.45) is 64.3. The van der Waals surface area contributed by atoms with Gasteiger partial charge in [0.2, 0.25) is 0 Å². The molecule has 28 heteroatoms. The van der Waals surface area contributed by atoms with Crippen LogP contribution in [0.4, 0.5) is 14.4 Å². The summed E-state index contributed by atoms with van der Waals surface area (Å²) in [4.78, 5) is 90.1. The highest BCUT2D eigenvalue weighted by molar-refractivity contribution is 6.34. The second-order valence-corrected chi connectivity index (χ2v) is 40.4. The normalized spacial score (nSPS) is 16.9. The van der Waals surface area contributed by atoms with Crippen LogP contribution < -0.4 is 41.3 Å². The Morgan fingerprint density at radius 3 is 0.986 bits per heavy atom. The van der Waals surface area contributed by atoms with Crippen LogP contribution in [0.15, 0.2) is 210 Å². The van der Waals surface area contributed by atoms with Crippen molar-refractivity contribution in [2.45, 2.75) is 307 Å². The zero-order valence-electron chi connectivity index (χ0n) is 87.6. The number of hydrogen-bond acceptors (Lipinski definition) is 23. The number of carbonyl (C=O) groups is 3. The van der Waals surface area contributed by atoms with Gasteiger partial charge in [0.15, 0.2) is 16.3 Å². The van der Waals surface area contributed by atoms with E-state index >= 15 is 0 Å². The number of nitrogens with zero attached hydrogens (tertiary/aromatic N) is 3. The molecule has 0 saturated carbocycles. The number of unbranched alkanes of at least 4 members (excludes halogenated alkanes) is 27. The number of rotatable bonds is 55. The van der Waals surface area contributed by atoms with Crippen LogP contribution in [0, 0.1) is 0 Å². The van der Waals surface area contributed by atoms with Crippen molar-refractivity contribution in [2.75, 3.05) is 80.2 Å². The Labute approximate surface area is 888 Å². The van der Waals surface area contributed by atoms with Crippen LogP contribution in [-0.2, 0) is 9.57 Å². The van der Waals surface area contributed by atoms with E-state index in [1.807, 2.05) is 35.8 Å². The van der Waals surface area contributed by atoms with E-state index in [1.54, 1.807) is 72.8 Å². The molecule has 6 heterocycles. The molecule has 3 fully saturated rings. The number of aliphatic hydroxyl groups is 3. The van der Waals surface area contributed by atoms with Crippen molar-refractivity contribution >= 4 is 86.1 Å². The first-order valence-electron chi connectivity index (χ1n) is 54.0. The highest BCUT2D eigenvalue weighted by Gasteiger charge is 2.39. The van der Waals surface area contributed by atoms with Crippen molar-refractivity contribution in [1.29, 1.82) is 0 Å². The summed E-state index contributed by atoms with van der Waals surface area (Å²) >= 11 is 19.3. The third-order valence-corrected chi connectivity index (χ3v) is 28.2. The van der Waals surface area contributed by atoms with Gasteiger partial charge in [-0.15, -0.1) is 0 Å². The molecular weight excluding hydrogens is 1940 g/mol. The lowest BCUT2D eigenvalue weighted by atomic mass is 9.85. The van der Waals surface area contributed by atoms with Gasteiger partial charge in [0.05, 0.1) is 46.6 Å². The number of fused-ring (bicyclic) bond motifs is 3. The van der Waals surface area contributed by atoms with Crippen molar-refractivity contribution in [3.8, 4) is 68.5 Å². The van der Waals surface area contributed by atoms with E-state index in [4.69, 9.17) is 71.8 Å². The summed E-state index contributed by atoms with van der Waals surface area (Å²) in [6.45, 7) is 10.8. The number of aliphatic hydroxyl groups excluding tert-OH is 3. The number of carbonyl (C=O) groups excluding carboxylic acids is 3. The first-order chi connectivity index (χ1) is 71.9. The van der Waals surface area contributed by atoms with Gasteiger partial charge in [-0.05, 0) is 212 Å². The largest absolute Gasteiger partial charge is 0.513 e. The molecule has 6 atom stereocenters. The Bertz CT molecular complexity index is 5770. The van der Waals surface area contributed by atoms with Gasteiger partial charge in [-0.1, -0.05) is 280 Å². The molecule has 3 aliphatic heterocycles. The quantitative estimate of drug-likeness (QED) is 0.00577. The van der Waals surface area contributed by atoms with Gasteiger partial charge in [-0.25, -0.2) is 14.4 Å². The Kier molecular flexibility index (Phi) is 53.1. The van der Waals surface area contributed by atoms with E-state index in [-0.39, 0.29) is 79.8 Å². The molecule has 0 aliphatic carbocycles. The molecule has 3 aromatic heterocycles. The van der Waals surface area contributed by atoms with Gasteiger partial charge in [-0.2, -0.15) is 5.48 Å². The van der Waals surface area contributed by atoms with E-state index in [1.165, 1.54) is 152 Å². The molecule has 0 bridgehead atoms. The highest BCUT2D eigenvalue weighted by atomic mass is 35.5. The van der Waals surface area contributed by atoms with Crippen LogP contribution in [0.1, 0.15) is 306 Å². The lowest BCUT2D eigenvalue weighted by Crippen LogP contribution is -2.40. The molecule has 25 nitrogen and oxygen atoms in total. The molecule has 8 N–H and O–H groups in total. The number of β-amino-alcohol motifs (C(OH)–C–C–N with tert-alkyl or cyclic N) is 3. The number of likely N-dealkylation sites (tertiary alicyclic amines) is 3. The lowest BCUT2D eigenvalue weighted by Gasteiger charge is -2.34. The van der Waals surface area contributed by atoms with Crippen LogP contribution >= 0.6 is 34.8 Å². The molecule has 9 aromatic rings. The fourth-order valence-corrected chi connectivity index (χ4v) is 19.8. The third kappa shape index (κ3) is 38.6.